The molecular weight excluding hydrogens is 604 g/mol. The fraction of sp³-hybridized carbons (Fsp3) is 0.310. The van der Waals surface area contributed by atoms with E-state index in [2.05, 4.69) is 47.6 Å². The molecule has 5 aromatic rings. The van der Waals surface area contributed by atoms with E-state index in [0.29, 0.717) is 30.3 Å². The third-order valence-electron chi connectivity index (χ3n) is 7.70. The van der Waals surface area contributed by atoms with Gasteiger partial charge in [0, 0.05) is 87.0 Å². The lowest BCUT2D eigenvalue weighted by molar-refractivity contribution is 0.102. The Balaban J connectivity index is 1.07. The molecule has 15 heteroatoms. The van der Waals surface area contributed by atoms with Gasteiger partial charge in [-0.05, 0) is 43.3 Å². The molecule has 1 aliphatic rings. The summed E-state index contributed by atoms with van der Waals surface area (Å²) in [7, 11) is 3.82. The zero-order chi connectivity index (χ0) is 30.7. The topological polar surface area (TPSA) is 146 Å². The summed E-state index contributed by atoms with van der Waals surface area (Å²) in [5.41, 5.74) is 3.32. The largest absolute Gasteiger partial charge is 0.353 e. The van der Waals surface area contributed by atoms with Crippen LogP contribution in [0.5, 0.6) is 0 Å². The van der Waals surface area contributed by atoms with Gasteiger partial charge in [0.2, 0.25) is 0 Å². The smallest absolute Gasteiger partial charge is 0.278 e. The maximum atomic E-state index is 13.2. The number of nitrogens with one attached hydrogen (secondary N) is 3. The van der Waals surface area contributed by atoms with E-state index < -0.39 is 9.05 Å². The number of fused-ring (bicyclic) bond motifs is 1. The van der Waals surface area contributed by atoms with Crippen molar-refractivity contribution in [1.82, 2.24) is 39.1 Å². The predicted molar refractivity (Wildman–Crippen MR) is 169 cm³/mol. The monoisotopic (exact) mass is 636 g/mol. The molecule has 0 bridgehead atoms. The molecule has 1 saturated heterocycles. The maximum Gasteiger partial charge on any atom is 0.278 e. The average Bonchev–Trinajstić information content (AvgIpc) is 3.76. The van der Waals surface area contributed by atoms with E-state index in [1.807, 2.05) is 41.1 Å². The van der Waals surface area contributed by atoms with Crippen LogP contribution in [0.15, 0.2) is 72.4 Å². The highest BCUT2D eigenvalue weighted by Crippen LogP contribution is 2.26. The first-order valence-corrected chi connectivity index (χ1v) is 16.6. The molecule has 3 N–H and O–H groups in total. The van der Waals surface area contributed by atoms with E-state index >= 15 is 0 Å². The van der Waals surface area contributed by atoms with E-state index in [9.17, 15) is 13.2 Å². The van der Waals surface area contributed by atoms with Gasteiger partial charge in [-0.15, -0.1) is 0 Å². The minimum Gasteiger partial charge on any atom is -0.353 e. The first-order chi connectivity index (χ1) is 21.2. The third-order valence-corrected chi connectivity index (χ3v) is 9.04. The molecule has 1 fully saturated rings. The van der Waals surface area contributed by atoms with Gasteiger partial charge in [0.25, 0.3) is 15.0 Å². The molecule has 44 heavy (non-hydrogen) atoms. The number of amides is 1. The predicted octanol–water partition coefficient (Wildman–Crippen LogP) is 3.72. The molecule has 5 heterocycles. The van der Waals surface area contributed by atoms with E-state index in [0.717, 1.165) is 50.2 Å². The standard InChI is InChI=1S/C29H33ClN10O3S/c1-37-13-15-39(16-14-37)18-21-3-5-22(6-4-21)34-29(41)26-25(17-33-36-26)35-27-24-8-12-40(28(24)32-20-31-27)10-2-9-38-11-7-23(19-38)44(30,42)43/h3-8,11-12,17,19-20H,2,9-10,13-16,18H2,1H3,(H,33,36)(H,34,41)(H,31,32,35). The average molecular weight is 637 g/mol. The number of aryl methyl sites for hydroxylation is 2. The number of nitrogens with zero attached hydrogens (tertiary/aromatic N) is 7. The summed E-state index contributed by atoms with van der Waals surface area (Å²) in [6.07, 6.45) is 8.95. The number of carbonyl (C=O) groups excluding carboxylic acids is 1. The molecular formula is C29H33ClN10O3S. The van der Waals surface area contributed by atoms with Crippen LogP contribution in [0.25, 0.3) is 11.0 Å². The quantitative estimate of drug-likeness (QED) is 0.185. The van der Waals surface area contributed by atoms with E-state index in [4.69, 9.17) is 10.7 Å². The molecule has 230 valence electrons. The Kier molecular flexibility index (Phi) is 8.66. The van der Waals surface area contributed by atoms with E-state index in [1.54, 1.807) is 17.0 Å². The lowest BCUT2D eigenvalue weighted by Crippen LogP contribution is -2.43. The van der Waals surface area contributed by atoms with Crippen molar-refractivity contribution in [2.75, 3.05) is 43.9 Å². The molecule has 1 aliphatic heterocycles. The molecule has 4 aromatic heterocycles. The summed E-state index contributed by atoms with van der Waals surface area (Å²) in [5.74, 6) is 0.193. The van der Waals surface area contributed by atoms with E-state index in [1.165, 1.54) is 24.2 Å². The van der Waals surface area contributed by atoms with Crippen LogP contribution >= 0.6 is 10.7 Å². The Morgan fingerprint density at radius 3 is 2.57 bits per heavy atom. The number of piperazine rings is 1. The van der Waals surface area contributed by atoms with Gasteiger partial charge in [-0.2, -0.15) is 5.10 Å². The van der Waals surface area contributed by atoms with Gasteiger partial charge in [0.15, 0.2) is 5.69 Å². The van der Waals surface area contributed by atoms with Crippen molar-refractivity contribution in [1.29, 1.82) is 0 Å². The number of halogens is 1. The van der Waals surface area contributed by atoms with Gasteiger partial charge in [-0.25, -0.2) is 18.4 Å². The second kappa shape index (κ2) is 12.8. The molecule has 6 rings (SSSR count). The molecule has 0 atom stereocenters. The van der Waals surface area contributed by atoms with Crippen LogP contribution in [0.1, 0.15) is 22.5 Å². The fourth-order valence-corrected chi connectivity index (χ4v) is 6.00. The van der Waals surface area contributed by atoms with Crippen molar-refractivity contribution in [2.45, 2.75) is 31.0 Å². The first kappa shape index (κ1) is 29.8. The van der Waals surface area contributed by atoms with Gasteiger partial charge in [-0.1, -0.05) is 12.1 Å². The number of hydrogen-bond acceptors (Lipinski definition) is 9. The molecule has 0 unspecified atom stereocenters. The molecule has 0 saturated carbocycles. The summed E-state index contributed by atoms with van der Waals surface area (Å²) >= 11 is 0. The fourth-order valence-electron chi connectivity index (χ4n) is 5.24. The van der Waals surface area contributed by atoms with Crippen LogP contribution in [0, 0.1) is 0 Å². The van der Waals surface area contributed by atoms with Crippen molar-refractivity contribution in [3.8, 4) is 0 Å². The number of aromatic amines is 1. The number of anilines is 3. The lowest BCUT2D eigenvalue weighted by atomic mass is 10.1. The minimum atomic E-state index is -3.75. The van der Waals surface area contributed by atoms with Crippen LogP contribution in [0.3, 0.4) is 0 Å². The maximum absolute atomic E-state index is 13.2. The molecule has 13 nitrogen and oxygen atoms in total. The lowest BCUT2D eigenvalue weighted by Gasteiger charge is -2.32. The van der Waals surface area contributed by atoms with Crippen molar-refractivity contribution < 1.29 is 13.2 Å². The number of benzene rings is 1. The van der Waals surface area contributed by atoms with Crippen LogP contribution in [0.4, 0.5) is 17.2 Å². The second-order valence-corrected chi connectivity index (χ2v) is 13.4. The summed E-state index contributed by atoms with van der Waals surface area (Å²) in [4.78, 5) is 26.9. The molecule has 1 aromatic carbocycles. The van der Waals surface area contributed by atoms with Gasteiger partial charge >= 0.3 is 0 Å². The Morgan fingerprint density at radius 2 is 1.82 bits per heavy atom. The second-order valence-electron chi connectivity index (χ2n) is 10.8. The van der Waals surface area contributed by atoms with Crippen molar-refractivity contribution in [3.05, 3.63) is 78.8 Å². The van der Waals surface area contributed by atoms with Crippen molar-refractivity contribution in [3.63, 3.8) is 0 Å². The zero-order valence-corrected chi connectivity index (χ0v) is 25.7. The highest BCUT2D eigenvalue weighted by molar-refractivity contribution is 8.13. The molecule has 0 radical (unpaired) electrons. The molecule has 0 spiro atoms. The number of likely N-dealkylation sites (N-methyl/N-ethyl adjacent to an activating group) is 1. The summed E-state index contributed by atoms with van der Waals surface area (Å²) in [6, 6.07) is 11.3. The number of H-pyrrole nitrogens is 1. The van der Waals surface area contributed by atoms with Gasteiger partial charge < -0.3 is 24.7 Å². The Labute approximate surface area is 259 Å². The van der Waals surface area contributed by atoms with Gasteiger partial charge in [0.05, 0.1) is 16.0 Å². The van der Waals surface area contributed by atoms with Crippen LogP contribution in [-0.2, 0) is 28.7 Å². The molecule has 1 amide bonds. The van der Waals surface area contributed by atoms with Crippen molar-refractivity contribution in [2.24, 2.45) is 0 Å². The summed E-state index contributed by atoms with van der Waals surface area (Å²) in [5, 5.41) is 13.9. The Hall–Kier alpha value is -4.24. The number of rotatable bonds is 11. The summed E-state index contributed by atoms with van der Waals surface area (Å²) in [6.45, 7) is 6.39. The van der Waals surface area contributed by atoms with Gasteiger partial charge in [-0.3, -0.25) is 14.8 Å². The third kappa shape index (κ3) is 6.94. The normalized spacial score (nSPS) is 14.7. The molecule has 0 aliphatic carbocycles. The number of carbonyl (C=O) groups is 1. The van der Waals surface area contributed by atoms with Crippen LogP contribution in [-0.4, -0.2) is 86.7 Å². The highest BCUT2D eigenvalue weighted by Gasteiger charge is 2.18. The minimum absolute atomic E-state index is 0.0796. The van der Waals surface area contributed by atoms with Crippen LogP contribution < -0.4 is 10.6 Å². The van der Waals surface area contributed by atoms with Gasteiger partial charge in [0.1, 0.15) is 17.8 Å². The Morgan fingerprint density at radius 1 is 1.02 bits per heavy atom. The first-order valence-electron chi connectivity index (χ1n) is 14.3. The summed E-state index contributed by atoms with van der Waals surface area (Å²) < 4.78 is 26.8. The SMILES string of the molecule is CN1CCN(Cc2ccc(NC(=O)c3n[nH]cc3Nc3ncnc4c3ccn4CCCn3ccc(S(=O)(=O)Cl)c3)cc2)CC1. The highest BCUT2D eigenvalue weighted by atomic mass is 35.7. The van der Waals surface area contributed by atoms with E-state index in [-0.39, 0.29) is 16.5 Å². The van der Waals surface area contributed by atoms with Crippen LogP contribution in [0.2, 0.25) is 0 Å². The zero-order valence-electron chi connectivity index (χ0n) is 24.1. The number of aromatic nitrogens is 6. The van der Waals surface area contributed by atoms with Crippen molar-refractivity contribution >= 4 is 53.9 Å². The Bertz CT molecular complexity index is 1860. The number of hydrogen-bond donors (Lipinski definition) is 3.